The number of hydrogen-bond acceptors (Lipinski definition) is 3. The summed E-state index contributed by atoms with van der Waals surface area (Å²) in [4.78, 5) is 15.2. The number of Topliss-reactive ketones (excluding diaryl/α,β-unsaturated/α-hetero) is 1. The van der Waals surface area contributed by atoms with E-state index in [0.29, 0.717) is 6.54 Å². The third-order valence-electron chi connectivity index (χ3n) is 3.32. The van der Waals surface area contributed by atoms with E-state index in [0.717, 1.165) is 27.7 Å². The molecule has 94 valence electrons. The second kappa shape index (κ2) is 6.12. The van der Waals surface area contributed by atoms with Crippen molar-refractivity contribution in [3.8, 4) is 0 Å². The van der Waals surface area contributed by atoms with Crippen molar-refractivity contribution in [2.75, 3.05) is 19.6 Å². The van der Waals surface area contributed by atoms with Gasteiger partial charge in [-0.3, -0.25) is 9.69 Å². The number of hydrogen-bond donors (Lipinski definition) is 0. The Kier molecular flexibility index (Phi) is 4.77. The van der Waals surface area contributed by atoms with Crippen LogP contribution in [0.4, 0.5) is 0 Å². The number of thiophene rings is 1. The maximum absolute atomic E-state index is 12.1. The van der Waals surface area contributed by atoms with Gasteiger partial charge in [0.2, 0.25) is 0 Å². The molecule has 1 atom stereocenters. The van der Waals surface area contributed by atoms with Gasteiger partial charge in [0.05, 0.1) is 15.2 Å². The molecule has 1 aromatic rings. The maximum atomic E-state index is 12.1. The molecule has 0 N–H and O–H groups in total. The van der Waals surface area contributed by atoms with Crippen molar-refractivity contribution in [1.29, 1.82) is 0 Å². The van der Waals surface area contributed by atoms with E-state index in [1.165, 1.54) is 30.6 Å². The second-order valence-electron chi connectivity index (χ2n) is 4.84. The van der Waals surface area contributed by atoms with Gasteiger partial charge in [0.1, 0.15) is 0 Å². The van der Waals surface area contributed by atoms with Gasteiger partial charge in [-0.15, -0.1) is 11.3 Å². The number of carbonyl (C=O) groups excluding carboxylic acids is 1. The average Bonchev–Trinajstić information content (AvgIpc) is 2.62. The Bertz CT molecular complexity index is 391. The molecule has 0 amide bonds. The fourth-order valence-corrected chi connectivity index (χ4v) is 3.54. The van der Waals surface area contributed by atoms with Gasteiger partial charge in [0.25, 0.3) is 0 Å². The summed E-state index contributed by atoms with van der Waals surface area (Å²) in [6.07, 6.45) is 3.75. The molecule has 1 unspecified atom stereocenters. The Morgan fingerprint density at radius 1 is 1.47 bits per heavy atom. The minimum Gasteiger partial charge on any atom is -0.296 e. The summed E-state index contributed by atoms with van der Waals surface area (Å²) in [5.41, 5.74) is 0. The van der Waals surface area contributed by atoms with Crippen LogP contribution in [0.15, 0.2) is 15.9 Å². The van der Waals surface area contributed by atoms with Crippen LogP contribution in [0.3, 0.4) is 0 Å². The molecule has 2 rings (SSSR count). The number of nitrogens with zero attached hydrogens (tertiary/aromatic N) is 1. The van der Waals surface area contributed by atoms with Crippen molar-refractivity contribution < 1.29 is 4.79 Å². The Morgan fingerprint density at radius 3 is 3.00 bits per heavy atom. The average molecular weight is 316 g/mol. The van der Waals surface area contributed by atoms with Crippen LogP contribution in [0.5, 0.6) is 0 Å². The highest BCUT2D eigenvalue weighted by atomic mass is 79.9. The molecular formula is C13H18BrNOS. The van der Waals surface area contributed by atoms with Gasteiger partial charge in [0.15, 0.2) is 5.78 Å². The summed E-state index contributed by atoms with van der Waals surface area (Å²) >= 11 is 4.93. The van der Waals surface area contributed by atoms with Crippen molar-refractivity contribution in [1.82, 2.24) is 4.90 Å². The standard InChI is InChI=1S/C13H18BrNOS/c1-10-3-2-7-15(8-6-10)9-11(16)12-4-5-13(14)17-12/h4-5,10H,2-3,6-9H2,1H3. The number of halogens is 1. The van der Waals surface area contributed by atoms with Gasteiger partial charge in [-0.05, 0) is 66.3 Å². The molecule has 1 saturated heterocycles. The molecule has 0 saturated carbocycles. The van der Waals surface area contributed by atoms with Crippen molar-refractivity contribution in [2.24, 2.45) is 5.92 Å². The highest BCUT2D eigenvalue weighted by molar-refractivity contribution is 9.11. The molecule has 2 heterocycles. The Morgan fingerprint density at radius 2 is 2.29 bits per heavy atom. The lowest BCUT2D eigenvalue weighted by Gasteiger charge is -2.18. The Labute approximate surface area is 115 Å². The highest BCUT2D eigenvalue weighted by Gasteiger charge is 2.17. The van der Waals surface area contributed by atoms with Crippen LogP contribution in [-0.4, -0.2) is 30.3 Å². The SMILES string of the molecule is CC1CCCN(CC(=O)c2ccc(Br)s2)CC1. The molecule has 1 aliphatic heterocycles. The number of ketones is 1. The Balaban J connectivity index is 1.90. The van der Waals surface area contributed by atoms with E-state index in [2.05, 4.69) is 27.8 Å². The summed E-state index contributed by atoms with van der Waals surface area (Å²) < 4.78 is 1.03. The minimum absolute atomic E-state index is 0.259. The number of rotatable bonds is 3. The van der Waals surface area contributed by atoms with Crippen LogP contribution >= 0.6 is 27.3 Å². The van der Waals surface area contributed by atoms with Gasteiger partial charge in [-0.1, -0.05) is 6.92 Å². The molecule has 0 bridgehead atoms. The summed E-state index contributed by atoms with van der Waals surface area (Å²) in [6.45, 7) is 5.03. The molecule has 17 heavy (non-hydrogen) atoms. The van der Waals surface area contributed by atoms with E-state index in [9.17, 15) is 4.79 Å². The topological polar surface area (TPSA) is 20.3 Å². The van der Waals surface area contributed by atoms with Crippen molar-refractivity contribution in [3.63, 3.8) is 0 Å². The summed E-state index contributed by atoms with van der Waals surface area (Å²) in [6, 6.07) is 3.86. The largest absolute Gasteiger partial charge is 0.296 e. The monoisotopic (exact) mass is 315 g/mol. The molecule has 1 fully saturated rings. The van der Waals surface area contributed by atoms with E-state index in [-0.39, 0.29) is 5.78 Å². The zero-order valence-corrected chi connectivity index (χ0v) is 12.5. The lowest BCUT2D eigenvalue weighted by molar-refractivity contribution is 0.0936. The molecular weight excluding hydrogens is 298 g/mol. The summed E-state index contributed by atoms with van der Waals surface area (Å²) in [5, 5.41) is 0. The van der Waals surface area contributed by atoms with Crippen LogP contribution in [-0.2, 0) is 0 Å². The minimum atomic E-state index is 0.259. The third kappa shape index (κ3) is 3.90. The van der Waals surface area contributed by atoms with Crippen molar-refractivity contribution in [3.05, 3.63) is 20.8 Å². The molecule has 0 radical (unpaired) electrons. The zero-order valence-electron chi connectivity index (χ0n) is 10.1. The molecule has 2 nitrogen and oxygen atoms in total. The van der Waals surface area contributed by atoms with Crippen LogP contribution in [0.25, 0.3) is 0 Å². The zero-order chi connectivity index (χ0) is 12.3. The predicted molar refractivity (Wildman–Crippen MR) is 75.8 cm³/mol. The number of likely N-dealkylation sites (tertiary alicyclic amines) is 1. The van der Waals surface area contributed by atoms with E-state index in [4.69, 9.17) is 0 Å². The van der Waals surface area contributed by atoms with Crippen LogP contribution in [0.2, 0.25) is 0 Å². The fourth-order valence-electron chi connectivity index (χ4n) is 2.23. The molecule has 1 aliphatic rings. The van der Waals surface area contributed by atoms with Crippen LogP contribution in [0.1, 0.15) is 35.9 Å². The van der Waals surface area contributed by atoms with Crippen molar-refractivity contribution in [2.45, 2.75) is 26.2 Å². The van der Waals surface area contributed by atoms with Gasteiger partial charge in [0, 0.05) is 0 Å². The molecule has 4 heteroatoms. The number of carbonyl (C=O) groups is 1. The first-order valence-corrected chi connectivity index (χ1v) is 7.77. The summed E-state index contributed by atoms with van der Waals surface area (Å²) in [7, 11) is 0. The Hall–Kier alpha value is -0.190. The van der Waals surface area contributed by atoms with E-state index in [1.807, 2.05) is 12.1 Å². The van der Waals surface area contributed by atoms with Gasteiger partial charge >= 0.3 is 0 Å². The van der Waals surface area contributed by atoms with E-state index in [1.54, 1.807) is 0 Å². The normalized spacial score (nSPS) is 22.4. The van der Waals surface area contributed by atoms with Gasteiger partial charge in [-0.2, -0.15) is 0 Å². The van der Waals surface area contributed by atoms with Crippen LogP contribution in [0, 0.1) is 5.92 Å². The lowest BCUT2D eigenvalue weighted by Crippen LogP contribution is -2.30. The molecule has 0 aromatic carbocycles. The summed E-state index contributed by atoms with van der Waals surface area (Å²) in [5.74, 6) is 1.07. The quantitative estimate of drug-likeness (QED) is 0.790. The first-order chi connectivity index (χ1) is 8.15. The first kappa shape index (κ1) is 13.2. The third-order valence-corrected chi connectivity index (χ3v) is 4.99. The van der Waals surface area contributed by atoms with Crippen LogP contribution < -0.4 is 0 Å². The molecule has 0 aliphatic carbocycles. The lowest BCUT2D eigenvalue weighted by atomic mass is 10.0. The van der Waals surface area contributed by atoms with Gasteiger partial charge < -0.3 is 0 Å². The maximum Gasteiger partial charge on any atom is 0.186 e. The smallest absolute Gasteiger partial charge is 0.186 e. The first-order valence-electron chi connectivity index (χ1n) is 6.16. The molecule has 0 spiro atoms. The molecule has 1 aromatic heterocycles. The second-order valence-corrected chi connectivity index (χ2v) is 7.30. The van der Waals surface area contributed by atoms with Crippen molar-refractivity contribution >= 4 is 33.0 Å². The van der Waals surface area contributed by atoms with E-state index < -0.39 is 0 Å². The van der Waals surface area contributed by atoms with E-state index >= 15 is 0 Å². The fraction of sp³-hybridized carbons (Fsp3) is 0.615. The van der Waals surface area contributed by atoms with Gasteiger partial charge in [-0.25, -0.2) is 0 Å². The highest BCUT2D eigenvalue weighted by Crippen LogP contribution is 2.23. The predicted octanol–water partition coefficient (Wildman–Crippen LogP) is 3.82.